The van der Waals surface area contributed by atoms with Crippen LogP contribution in [0, 0.1) is 11.3 Å². The van der Waals surface area contributed by atoms with Crippen molar-refractivity contribution in [2.24, 2.45) is 11.3 Å². The molecule has 0 aromatic heterocycles. The summed E-state index contributed by atoms with van der Waals surface area (Å²) in [6.07, 6.45) is 9.91. The average molecular weight is 280 g/mol. The fourth-order valence-electron chi connectivity index (χ4n) is 3.91. The lowest BCUT2D eigenvalue weighted by Gasteiger charge is -2.47. The number of unbranched alkanes of at least 4 members (excludes halogenated alkanes) is 1. The molecule has 0 N–H and O–H groups in total. The summed E-state index contributed by atoms with van der Waals surface area (Å²) in [5.41, 5.74) is 0.717. The molecule has 1 atom stereocenters. The third kappa shape index (κ3) is 4.46. The minimum atomic E-state index is 0.717. The third-order valence-corrected chi connectivity index (χ3v) is 5.93. The molecular formula is C18H36N2. The summed E-state index contributed by atoms with van der Waals surface area (Å²) in [5.74, 6) is 0.875. The second-order valence-electron chi connectivity index (χ2n) is 7.51. The topological polar surface area (TPSA) is 6.48 Å². The van der Waals surface area contributed by atoms with Gasteiger partial charge in [0, 0.05) is 6.54 Å². The van der Waals surface area contributed by atoms with Crippen LogP contribution in [0.5, 0.6) is 0 Å². The summed E-state index contributed by atoms with van der Waals surface area (Å²) < 4.78 is 0. The molecular weight excluding hydrogens is 244 g/mol. The molecule has 0 aliphatic carbocycles. The molecule has 2 fully saturated rings. The fraction of sp³-hybridized carbons (Fsp3) is 1.00. The Bertz CT molecular complexity index is 259. The number of rotatable bonds is 6. The van der Waals surface area contributed by atoms with Gasteiger partial charge in [-0.2, -0.15) is 0 Å². The quantitative estimate of drug-likeness (QED) is 0.725. The molecule has 118 valence electrons. The second kappa shape index (κ2) is 7.79. The summed E-state index contributed by atoms with van der Waals surface area (Å²) in [6, 6.07) is 0. The first-order chi connectivity index (χ1) is 9.67. The fourth-order valence-corrected chi connectivity index (χ4v) is 3.91. The highest BCUT2D eigenvalue weighted by Gasteiger charge is 2.37. The van der Waals surface area contributed by atoms with Gasteiger partial charge in [-0.1, -0.05) is 33.6 Å². The minimum absolute atomic E-state index is 0.717. The van der Waals surface area contributed by atoms with E-state index < -0.39 is 0 Å². The van der Waals surface area contributed by atoms with Gasteiger partial charge in [0.05, 0.1) is 0 Å². The van der Waals surface area contributed by atoms with Crippen molar-refractivity contribution in [1.82, 2.24) is 9.80 Å². The lowest BCUT2D eigenvalue weighted by Crippen LogP contribution is -2.47. The van der Waals surface area contributed by atoms with Crippen LogP contribution in [0.15, 0.2) is 0 Å². The second-order valence-corrected chi connectivity index (χ2v) is 7.51. The zero-order valence-corrected chi connectivity index (χ0v) is 14.2. The number of piperidine rings is 2. The van der Waals surface area contributed by atoms with E-state index in [0.717, 1.165) is 5.92 Å². The van der Waals surface area contributed by atoms with Crippen LogP contribution in [-0.4, -0.2) is 49.1 Å². The van der Waals surface area contributed by atoms with Gasteiger partial charge >= 0.3 is 0 Å². The van der Waals surface area contributed by atoms with Crippen LogP contribution < -0.4 is 0 Å². The lowest BCUT2D eigenvalue weighted by atomic mass is 9.71. The van der Waals surface area contributed by atoms with Crippen LogP contribution in [0.3, 0.4) is 0 Å². The van der Waals surface area contributed by atoms with E-state index in [4.69, 9.17) is 0 Å². The molecule has 20 heavy (non-hydrogen) atoms. The number of likely N-dealkylation sites (tertiary alicyclic amines) is 2. The molecule has 2 aliphatic heterocycles. The van der Waals surface area contributed by atoms with E-state index >= 15 is 0 Å². The standard InChI is InChI=1S/C18H36N2/c1-4-6-11-19-12-7-18(8-13-19)9-14-20(15-10-18)16-17(3)5-2/h17H,4-16H2,1-3H3. The molecule has 1 spiro atoms. The van der Waals surface area contributed by atoms with Gasteiger partial charge in [-0.3, -0.25) is 0 Å². The molecule has 2 nitrogen and oxygen atoms in total. The van der Waals surface area contributed by atoms with Crippen molar-refractivity contribution in [3.05, 3.63) is 0 Å². The minimum Gasteiger partial charge on any atom is -0.303 e. The van der Waals surface area contributed by atoms with Gasteiger partial charge in [0.15, 0.2) is 0 Å². The highest BCUT2D eigenvalue weighted by atomic mass is 15.2. The first kappa shape index (κ1) is 16.3. The summed E-state index contributed by atoms with van der Waals surface area (Å²) in [6.45, 7) is 15.1. The van der Waals surface area contributed by atoms with Crippen LogP contribution in [0.4, 0.5) is 0 Å². The van der Waals surface area contributed by atoms with Gasteiger partial charge in [0.1, 0.15) is 0 Å². The molecule has 2 aliphatic rings. The van der Waals surface area contributed by atoms with E-state index in [2.05, 4.69) is 30.6 Å². The molecule has 0 bridgehead atoms. The van der Waals surface area contributed by atoms with Crippen molar-refractivity contribution in [3.8, 4) is 0 Å². The Kier molecular flexibility index (Phi) is 6.35. The zero-order valence-electron chi connectivity index (χ0n) is 14.2. The molecule has 0 aromatic carbocycles. The van der Waals surface area contributed by atoms with Gasteiger partial charge < -0.3 is 9.80 Å². The van der Waals surface area contributed by atoms with Crippen molar-refractivity contribution < 1.29 is 0 Å². The van der Waals surface area contributed by atoms with Crippen molar-refractivity contribution in [2.75, 3.05) is 39.3 Å². The largest absolute Gasteiger partial charge is 0.303 e. The molecule has 2 saturated heterocycles. The molecule has 2 heteroatoms. The zero-order chi connectivity index (χ0) is 14.4. The monoisotopic (exact) mass is 280 g/mol. The van der Waals surface area contributed by atoms with E-state index in [-0.39, 0.29) is 0 Å². The number of hydrogen-bond acceptors (Lipinski definition) is 2. The SMILES string of the molecule is CCCCN1CCC2(CC1)CCN(CC(C)CC)CC2. The molecule has 0 radical (unpaired) electrons. The predicted molar refractivity (Wildman–Crippen MR) is 88.1 cm³/mol. The first-order valence-electron chi connectivity index (χ1n) is 9.12. The Labute approximate surface area is 126 Å². The Hall–Kier alpha value is -0.0800. The Balaban J connectivity index is 1.71. The number of nitrogens with zero attached hydrogens (tertiary/aromatic N) is 2. The summed E-state index contributed by atoms with van der Waals surface area (Å²) in [4.78, 5) is 5.43. The normalized spacial score (nSPS) is 25.9. The molecule has 0 aromatic rings. The maximum atomic E-state index is 2.73. The summed E-state index contributed by atoms with van der Waals surface area (Å²) in [7, 11) is 0. The van der Waals surface area contributed by atoms with E-state index in [0.29, 0.717) is 5.41 Å². The Morgan fingerprint density at radius 1 is 0.900 bits per heavy atom. The van der Waals surface area contributed by atoms with Crippen molar-refractivity contribution in [2.45, 2.75) is 65.7 Å². The predicted octanol–water partition coefficient (Wildman–Crippen LogP) is 4.01. The third-order valence-electron chi connectivity index (χ3n) is 5.93. The van der Waals surface area contributed by atoms with E-state index in [1.165, 1.54) is 84.2 Å². The van der Waals surface area contributed by atoms with Crippen LogP contribution in [-0.2, 0) is 0 Å². The van der Waals surface area contributed by atoms with E-state index in [1.807, 2.05) is 0 Å². The molecule has 0 amide bonds. The maximum absolute atomic E-state index is 2.73. The summed E-state index contributed by atoms with van der Waals surface area (Å²) >= 11 is 0. The van der Waals surface area contributed by atoms with Crippen molar-refractivity contribution >= 4 is 0 Å². The Morgan fingerprint density at radius 3 is 1.95 bits per heavy atom. The molecule has 0 saturated carbocycles. The smallest absolute Gasteiger partial charge is 0.000692 e. The van der Waals surface area contributed by atoms with Gasteiger partial charge in [-0.25, -0.2) is 0 Å². The van der Waals surface area contributed by atoms with Gasteiger partial charge in [-0.15, -0.1) is 0 Å². The Morgan fingerprint density at radius 2 is 1.45 bits per heavy atom. The molecule has 1 unspecified atom stereocenters. The molecule has 2 rings (SSSR count). The molecule has 2 heterocycles. The lowest BCUT2D eigenvalue weighted by molar-refractivity contribution is 0.0303. The first-order valence-corrected chi connectivity index (χ1v) is 9.12. The van der Waals surface area contributed by atoms with E-state index in [9.17, 15) is 0 Å². The highest BCUT2D eigenvalue weighted by molar-refractivity contribution is 4.90. The maximum Gasteiger partial charge on any atom is 0.000692 e. The summed E-state index contributed by atoms with van der Waals surface area (Å²) in [5, 5.41) is 0. The van der Waals surface area contributed by atoms with E-state index in [1.54, 1.807) is 0 Å². The van der Waals surface area contributed by atoms with Crippen molar-refractivity contribution in [3.63, 3.8) is 0 Å². The van der Waals surface area contributed by atoms with Crippen molar-refractivity contribution in [1.29, 1.82) is 0 Å². The number of hydrogen-bond donors (Lipinski definition) is 0. The highest BCUT2D eigenvalue weighted by Crippen LogP contribution is 2.41. The van der Waals surface area contributed by atoms with Crippen LogP contribution >= 0.6 is 0 Å². The van der Waals surface area contributed by atoms with Crippen LogP contribution in [0.2, 0.25) is 0 Å². The van der Waals surface area contributed by atoms with Crippen LogP contribution in [0.25, 0.3) is 0 Å². The van der Waals surface area contributed by atoms with Crippen LogP contribution in [0.1, 0.15) is 65.7 Å². The van der Waals surface area contributed by atoms with Gasteiger partial charge in [0.2, 0.25) is 0 Å². The average Bonchev–Trinajstić information content (AvgIpc) is 2.49. The van der Waals surface area contributed by atoms with Gasteiger partial charge in [-0.05, 0) is 76.2 Å². The van der Waals surface area contributed by atoms with Gasteiger partial charge in [0.25, 0.3) is 0 Å².